The molecule has 2 aliphatic carbocycles. The van der Waals surface area contributed by atoms with Crippen molar-refractivity contribution < 1.29 is 5.11 Å². The van der Waals surface area contributed by atoms with Crippen LogP contribution in [0.3, 0.4) is 0 Å². The summed E-state index contributed by atoms with van der Waals surface area (Å²) in [6.07, 6.45) is 10.1. The highest BCUT2D eigenvalue weighted by Crippen LogP contribution is 2.37. The summed E-state index contributed by atoms with van der Waals surface area (Å²) in [5.41, 5.74) is 2.57. The van der Waals surface area contributed by atoms with E-state index >= 15 is 0 Å². The highest BCUT2D eigenvalue weighted by molar-refractivity contribution is 5.39. The second kappa shape index (κ2) is 5.64. The van der Waals surface area contributed by atoms with Gasteiger partial charge in [0.2, 0.25) is 0 Å². The first-order chi connectivity index (χ1) is 9.34. The molecule has 1 aromatic carbocycles. The Labute approximate surface area is 116 Å². The van der Waals surface area contributed by atoms with E-state index in [9.17, 15) is 5.11 Å². The van der Waals surface area contributed by atoms with Crippen molar-refractivity contribution in [1.29, 1.82) is 0 Å². The molecule has 1 atom stereocenters. The van der Waals surface area contributed by atoms with E-state index in [1.807, 2.05) is 0 Å². The zero-order chi connectivity index (χ0) is 13.1. The van der Waals surface area contributed by atoms with E-state index in [1.54, 1.807) is 0 Å². The van der Waals surface area contributed by atoms with Crippen LogP contribution in [-0.4, -0.2) is 17.8 Å². The Morgan fingerprint density at radius 3 is 2.58 bits per heavy atom. The lowest BCUT2D eigenvalue weighted by Gasteiger charge is -2.34. The summed E-state index contributed by atoms with van der Waals surface area (Å²) < 4.78 is 0. The smallest absolute Gasteiger partial charge is 0.0677 e. The first-order valence-electron chi connectivity index (χ1n) is 7.81. The first-order valence-corrected chi connectivity index (χ1v) is 7.81. The average molecular weight is 259 g/mol. The van der Waals surface area contributed by atoms with Crippen molar-refractivity contribution in [3.8, 4) is 0 Å². The van der Waals surface area contributed by atoms with Crippen LogP contribution in [0, 0.1) is 0 Å². The second-order valence-electron chi connectivity index (χ2n) is 6.23. The molecule has 1 unspecified atom stereocenters. The Balaban J connectivity index is 1.80. The number of aliphatic hydroxyl groups excluding tert-OH is 1. The van der Waals surface area contributed by atoms with Gasteiger partial charge >= 0.3 is 0 Å². The molecular weight excluding hydrogens is 234 g/mol. The summed E-state index contributed by atoms with van der Waals surface area (Å²) in [5, 5.41) is 13.8. The minimum atomic E-state index is -0.175. The molecule has 0 heterocycles. The lowest BCUT2D eigenvalue weighted by molar-refractivity contribution is 0.142. The third-order valence-corrected chi connectivity index (χ3v) is 4.96. The molecule has 0 saturated heterocycles. The molecular formula is C17H25NO. The molecule has 2 N–H and O–H groups in total. The molecule has 0 aromatic heterocycles. The Kier molecular flexibility index (Phi) is 3.90. The van der Waals surface area contributed by atoms with Crippen LogP contribution >= 0.6 is 0 Å². The van der Waals surface area contributed by atoms with Crippen molar-refractivity contribution in [2.24, 2.45) is 0 Å². The van der Waals surface area contributed by atoms with Gasteiger partial charge < -0.3 is 10.4 Å². The normalized spacial score (nSPS) is 28.1. The molecule has 104 valence electrons. The molecule has 2 aliphatic rings. The third kappa shape index (κ3) is 2.56. The van der Waals surface area contributed by atoms with Gasteiger partial charge in [-0.3, -0.25) is 0 Å². The molecule has 1 fully saturated rings. The Bertz CT molecular complexity index is 423. The van der Waals surface area contributed by atoms with Crippen LogP contribution in [0.15, 0.2) is 24.3 Å². The van der Waals surface area contributed by atoms with Gasteiger partial charge in [-0.05, 0) is 36.8 Å². The van der Waals surface area contributed by atoms with Crippen molar-refractivity contribution in [3.63, 3.8) is 0 Å². The summed E-state index contributed by atoms with van der Waals surface area (Å²) >= 11 is 0. The predicted octanol–water partition coefficient (Wildman–Crippen LogP) is 3.13. The molecule has 2 nitrogen and oxygen atoms in total. The summed E-state index contributed by atoms with van der Waals surface area (Å²) in [6, 6.07) is 9.20. The molecule has 2 heteroatoms. The third-order valence-electron chi connectivity index (χ3n) is 4.96. The fourth-order valence-electron chi connectivity index (χ4n) is 3.86. The number of aryl methyl sites for hydroxylation is 1. The van der Waals surface area contributed by atoms with E-state index in [0.29, 0.717) is 6.04 Å². The molecule has 19 heavy (non-hydrogen) atoms. The van der Waals surface area contributed by atoms with Gasteiger partial charge in [0, 0.05) is 6.04 Å². The van der Waals surface area contributed by atoms with Gasteiger partial charge in [0.05, 0.1) is 12.1 Å². The Morgan fingerprint density at radius 1 is 1.11 bits per heavy atom. The van der Waals surface area contributed by atoms with Gasteiger partial charge in [-0.2, -0.15) is 0 Å². The highest BCUT2D eigenvalue weighted by Gasteiger charge is 2.39. The minimum absolute atomic E-state index is 0.175. The van der Waals surface area contributed by atoms with Crippen molar-refractivity contribution in [2.75, 3.05) is 6.61 Å². The van der Waals surface area contributed by atoms with E-state index in [2.05, 4.69) is 29.6 Å². The van der Waals surface area contributed by atoms with Crippen LogP contribution in [-0.2, 0) is 12.0 Å². The van der Waals surface area contributed by atoms with Crippen LogP contribution in [0.25, 0.3) is 0 Å². The van der Waals surface area contributed by atoms with Gasteiger partial charge in [0.25, 0.3) is 0 Å². The lowest BCUT2D eigenvalue weighted by atomic mass is 9.90. The summed E-state index contributed by atoms with van der Waals surface area (Å²) in [6.45, 7) is 0.223. The van der Waals surface area contributed by atoms with Gasteiger partial charge in [-0.15, -0.1) is 0 Å². The quantitative estimate of drug-likeness (QED) is 0.817. The Hall–Kier alpha value is -0.860. The number of aliphatic hydroxyl groups is 1. The maximum atomic E-state index is 10.0. The minimum Gasteiger partial charge on any atom is -0.394 e. The number of hydrogen-bond acceptors (Lipinski definition) is 2. The van der Waals surface area contributed by atoms with Gasteiger partial charge in [-0.1, -0.05) is 49.9 Å². The fraction of sp³-hybridized carbons (Fsp3) is 0.647. The zero-order valence-corrected chi connectivity index (χ0v) is 11.7. The monoisotopic (exact) mass is 259 g/mol. The van der Waals surface area contributed by atoms with Gasteiger partial charge in [-0.25, -0.2) is 0 Å². The molecule has 3 rings (SSSR count). The molecule has 0 bridgehead atoms. The number of hydrogen-bond donors (Lipinski definition) is 2. The van der Waals surface area contributed by atoms with Crippen LogP contribution in [0.4, 0.5) is 0 Å². The standard InChI is InChI=1S/C17H25NO/c19-13-17(18-15-8-3-1-2-4-9-15)12-11-14-7-5-6-10-16(14)17/h5-7,10,15,18-19H,1-4,8-9,11-13H2. The Morgan fingerprint density at radius 2 is 1.84 bits per heavy atom. The van der Waals surface area contributed by atoms with Crippen LogP contribution in [0.1, 0.15) is 56.1 Å². The SMILES string of the molecule is OCC1(NC2CCCCCC2)CCc2ccccc21. The van der Waals surface area contributed by atoms with Crippen LogP contribution in [0.2, 0.25) is 0 Å². The number of rotatable bonds is 3. The maximum absolute atomic E-state index is 10.0. The van der Waals surface area contributed by atoms with Crippen LogP contribution in [0.5, 0.6) is 0 Å². The summed E-state index contributed by atoms with van der Waals surface area (Å²) in [5.74, 6) is 0. The second-order valence-corrected chi connectivity index (χ2v) is 6.23. The summed E-state index contributed by atoms with van der Waals surface area (Å²) in [4.78, 5) is 0. The molecule has 0 amide bonds. The predicted molar refractivity (Wildman–Crippen MR) is 78.2 cm³/mol. The van der Waals surface area contributed by atoms with Crippen molar-refractivity contribution in [1.82, 2.24) is 5.32 Å². The number of benzene rings is 1. The molecule has 0 spiro atoms. The van der Waals surface area contributed by atoms with Crippen molar-refractivity contribution >= 4 is 0 Å². The fourth-order valence-corrected chi connectivity index (χ4v) is 3.86. The van der Waals surface area contributed by atoms with Gasteiger partial charge in [0.1, 0.15) is 0 Å². The average Bonchev–Trinajstić information content (AvgIpc) is 2.63. The molecule has 1 aromatic rings. The number of nitrogens with one attached hydrogen (secondary N) is 1. The zero-order valence-electron chi connectivity index (χ0n) is 11.7. The van der Waals surface area contributed by atoms with Crippen molar-refractivity contribution in [3.05, 3.63) is 35.4 Å². The molecule has 0 radical (unpaired) electrons. The lowest BCUT2D eigenvalue weighted by Crippen LogP contribution is -2.49. The topological polar surface area (TPSA) is 32.3 Å². The van der Waals surface area contributed by atoms with E-state index in [-0.39, 0.29) is 12.1 Å². The van der Waals surface area contributed by atoms with Crippen LogP contribution < -0.4 is 5.32 Å². The maximum Gasteiger partial charge on any atom is 0.0677 e. The van der Waals surface area contributed by atoms with Gasteiger partial charge in [0.15, 0.2) is 0 Å². The molecule has 0 aliphatic heterocycles. The van der Waals surface area contributed by atoms with E-state index < -0.39 is 0 Å². The molecule has 1 saturated carbocycles. The van der Waals surface area contributed by atoms with E-state index in [1.165, 1.54) is 49.7 Å². The largest absolute Gasteiger partial charge is 0.394 e. The number of fused-ring (bicyclic) bond motifs is 1. The first kappa shape index (κ1) is 13.1. The van der Waals surface area contributed by atoms with E-state index in [0.717, 1.165) is 12.8 Å². The summed E-state index contributed by atoms with van der Waals surface area (Å²) in [7, 11) is 0. The van der Waals surface area contributed by atoms with Crippen molar-refractivity contribution in [2.45, 2.75) is 62.9 Å². The van der Waals surface area contributed by atoms with E-state index in [4.69, 9.17) is 0 Å². The highest BCUT2D eigenvalue weighted by atomic mass is 16.3.